The summed E-state index contributed by atoms with van der Waals surface area (Å²) >= 11 is 0. The van der Waals surface area contributed by atoms with E-state index in [1.54, 1.807) is 6.92 Å². The van der Waals surface area contributed by atoms with Gasteiger partial charge in [-0.2, -0.15) is 0 Å². The molecule has 0 aromatic heterocycles. The van der Waals surface area contributed by atoms with E-state index in [2.05, 4.69) is 11.3 Å². The molecule has 1 aromatic rings. The second-order valence-electron chi connectivity index (χ2n) is 3.44. The molecule has 0 aliphatic carbocycles. The van der Waals surface area contributed by atoms with Gasteiger partial charge in [-0.1, -0.05) is 18.2 Å². The van der Waals surface area contributed by atoms with Gasteiger partial charge in [0, 0.05) is 6.54 Å². The number of sulfonamides is 1. The smallest absolute Gasteiger partial charge is 0.245 e. The molecule has 6 heteroatoms. The summed E-state index contributed by atoms with van der Waals surface area (Å²) in [6.45, 7) is 5.26. The van der Waals surface area contributed by atoms with Gasteiger partial charge in [-0.25, -0.2) is 17.5 Å². The highest BCUT2D eigenvalue weighted by Crippen LogP contribution is 2.21. The Balaban J connectivity index is 3.12. The van der Waals surface area contributed by atoms with E-state index < -0.39 is 20.7 Å². The largest absolute Gasteiger partial charge is 0.398 e. The van der Waals surface area contributed by atoms with Crippen LogP contribution in [0.2, 0.25) is 0 Å². The van der Waals surface area contributed by atoms with Crippen molar-refractivity contribution in [3.63, 3.8) is 0 Å². The molecule has 88 valence electrons. The molecule has 0 amide bonds. The summed E-state index contributed by atoms with van der Waals surface area (Å²) in [5, 5.41) is 0. The maximum absolute atomic E-state index is 13.3. The lowest BCUT2D eigenvalue weighted by Crippen LogP contribution is -2.26. The second-order valence-corrected chi connectivity index (χ2v) is 5.14. The summed E-state index contributed by atoms with van der Waals surface area (Å²) in [5.74, 6) is -0.866. The Kier molecular flexibility index (Phi) is 3.66. The number of benzene rings is 1. The van der Waals surface area contributed by atoms with Crippen LogP contribution in [0, 0.1) is 5.82 Å². The van der Waals surface area contributed by atoms with E-state index in [9.17, 15) is 12.8 Å². The van der Waals surface area contributed by atoms with Crippen molar-refractivity contribution in [3.05, 3.63) is 36.2 Å². The quantitative estimate of drug-likeness (QED) is 0.618. The third-order valence-electron chi connectivity index (χ3n) is 1.83. The van der Waals surface area contributed by atoms with Gasteiger partial charge in [0.25, 0.3) is 0 Å². The van der Waals surface area contributed by atoms with Crippen LogP contribution in [0.15, 0.2) is 35.2 Å². The first kappa shape index (κ1) is 12.7. The molecule has 0 saturated carbocycles. The van der Waals surface area contributed by atoms with Gasteiger partial charge in [0.05, 0.1) is 5.69 Å². The molecule has 0 fully saturated rings. The molecule has 0 radical (unpaired) electrons. The van der Waals surface area contributed by atoms with Gasteiger partial charge in [0.2, 0.25) is 10.0 Å². The normalized spacial score (nSPS) is 11.4. The van der Waals surface area contributed by atoms with Crippen LogP contribution in [0.5, 0.6) is 0 Å². The van der Waals surface area contributed by atoms with Crippen molar-refractivity contribution in [1.29, 1.82) is 0 Å². The zero-order valence-electron chi connectivity index (χ0n) is 8.83. The van der Waals surface area contributed by atoms with Gasteiger partial charge in [-0.15, -0.1) is 0 Å². The fourth-order valence-electron chi connectivity index (χ4n) is 1.10. The van der Waals surface area contributed by atoms with E-state index in [-0.39, 0.29) is 12.2 Å². The van der Waals surface area contributed by atoms with Gasteiger partial charge in [-0.05, 0) is 19.1 Å². The van der Waals surface area contributed by atoms with Crippen LogP contribution in [-0.2, 0) is 10.0 Å². The predicted molar refractivity (Wildman–Crippen MR) is 60.8 cm³/mol. The fraction of sp³-hybridized carbons (Fsp3) is 0.200. The number of anilines is 1. The summed E-state index contributed by atoms with van der Waals surface area (Å²) in [6.07, 6.45) is 0. The van der Waals surface area contributed by atoms with Crippen LogP contribution < -0.4 is 10.5 Å². The monoisotopic (exact) mass is 244 g/mol. The summed E-state index contributed by atoms with van der Waals surface area (Å²) in [7, 11) is -3.93. The average Bonchev–Trinajstić information content (AvgIpc) is 2.14. The zero-order valence-corrected chi connectivity index (χ0v) is 9.64. The van der Waals surface area contributed by atoms with Gasteiger partial charge in [0.15, 0.2) is 0 Å². The van der Waals surface area contributed by atoms with Crippen molar-refractivity contribution < 1.29 is 12.8 Å². The number of hydrogen-bond donors (Lipinski definition) is 2. The number of hydrogen-bond acceptors (Lipinski definition) is 3. The molecule has 0 saturated heterocycles. The molecule has 0 spiro atoms. The molecule has 0 bridgehead atoms. The number of nitrogens with one attached hydrogen (secondary N) is 1. The SMILES string of the molecule is C=C(C)CNS(=O)(=O)c1c(N)cccc1F. The lowest BCUT2D eigenvalue weighted by molar-refractivity contribution is 0.560. The minimum atomic E-state index is -3.93. The predicted octanol–water partition coefficient (Wildman–Crippen LogP) is 1.26. The van der Waals surface area contributed by atoms with E-state index >= 15 is 0 Å². The van der Waals surface area contributed by atoms with E-state index in [0.29, 0.717) is 5.57 Å². The first-order valence-corrected chi connectivity index (χ1v) is 6.01. The number of nitrogens with two attached hydrogens (primary N) is 1. The van der Waals surface area contributed by atoms with E-state index in [4.69, 9.17) is 5.73 Å². The lowest BCUT2D eigenvalue weighted by atomic mass is 10.3. The van der Waals surface area contributed by atoms with Crippen LogP contribution in [0.4, 0.5) is 10.1 Å². The number of nitrogen functional groups attached to an aromatic ring is 1. The first-order chi connectivity index (χ1) is 7.34. The van der Waals surface area contributed by atoms with Crippen LogP contribution >= 0.6 is 0 Å². The van der Waals surface area contributed by atoms with Crippen molar-refractivity contribution in [2.45, 2.75) is 11.8 Å². The molecular weight excluding hydrogens is 231 g/mol. The summed E-state index contributed by atoms with van der Waals surface area (Å²) in [5.41, 5.74) is 5.94. The molecule has 3 N–H and O–H groups in total. The molecule has 1 aromatic carbocycles. The van der Waals surface area contributed by atoms with E-state index in [1.165, 1.54) is 12.1 Å². The lowest BCUT2D eigenvalue weighted by Gasteiger charge is -2.09. The maximum atomic E-state index is 13.3. The van der Waals surface area contributed by atoms with Gasteiger partial charge in [-0.3, -0.25) is 0 Å². The van der Waals surface area contributed by atoms with E-state index in [1.807, 2.05) is 0 Å². The molecule has 0 aliphatic rings. The van der Waals surface area contributed by atoms with Crippen LogP contribution in [0.25, 0.3) is 0 Å². The third-order valence-corrected chi connectivity index (χ3v) is 3.32. The highest BCUT2D eigenvalue weighted by Gasteiger charge is 2.21. The average molecular weight is 244 g/mol. The van der Waals surface area contributed by atoms with Gasteiger partial charge in [0.1, 0.15) is 10.7 Å². The van der Waals surface area contributed by atoms with Crippen LogP contribution in [0.1, 0.15) is 6.92 Å². The van der Waals surface area contributed by atoms with Crippen molar-refractivity contribution in [3.8, 4) is 0 Å². The third kappa shape index (κ3) is 2.80. The maximum Gasteiger partial charge on any atom is 0.245 e. The highest BCUT2D eigenvalue weighted by atomic mass is 32.2. The van der Waals surface area contributed by atoms with Crippen molar-refractivity contribution in [2.75, 3.05) is 12.3 Å². The Morgan fingerprint density at radius 3 is 2.69 bits per heavy atom. The van der Waals surface area contributed by atoms with Crippen LogP contribution in [-0.4, -0.2) is 15.0 Å². The Hall–Kier alpha value is -1.40. The summed E-state index contributed by atoms with van der Waals surface area (Å²) in [4.78, 5) is -0.517. The fourth-order valence-corrected chi connectivity index (χ4v) is 2.38. The zero-order chi connectivity index (χ0) is 12.3. The minimum absolute atomic E-state index is 0.0517. The number of halogens is 1. The summed E-state index contributed by atoms with van der Waals surface area (Å²) in [6, 6.07) is 3.73. The molecule has 0 aliphatic heterocycles. The Labute approximate surface area is 94.0 Å². The summed E-state index contributed by atoms with van der Waals surface area (Å²) < 4.78 is 39.0. The van der Waals surface area contributed by atoms with Crippen molar-refractivity contribution in [2.24, 2.45) is 0 Å². The first-order valence-electron chi connectivity index (χ1n) is 4.52. The standard InChI is InChI=1S/C10H13FN2O2S/c1-7(2)6-13-16(14,15)10-8(11)4-3-5-9(10)12/h3-5,13H,1,6,12H2,2H3. The van der Waals surface area contributed by atoms with Crippen molar-refractivity contribution in [1.82, 2.24) is 4.72 Å². The van der Waals surface area contributed by atoms with Gasteiger partial charge < -0.3 is 5.73 Å². The van der Waals surface area contributed by atoms with Crippen molar-refractivity contribution >= 4 is 15.7 Å². The Bertz CT molecular complexity index is 491. The Morgan fingerprint density at radius 2 is 2.19 bits per heavy atom. The molecule has 0 atom stereocenters. The molecule has 0 heterocycles. The molecular formula is C10H13FN2O2S. The molecule has 1 rings (SSSR count). The van der Waals surface area contributed by atoms with Crippen LogP contribution in [0.3, 0.4) is 0 Å². The molecule has 4 nitrogen and oxygen atoms in total. The minimum Gasteiger partial charge on any atom is -0.398 e. The highest BCUT2D eigenvalue weighted by molar-refractivity contribution is 7.89. The van der Waals surface area contributed by atoms with E-state index in [0.717, 1.165) is 6.07 Å². The molecule has 0 unspecified atom stereocenters. The molecule has 16 heavy (non-hydrogen) atoms. The topological polar surface area (TPSA) is 72.2 Å². The Morgan fingerprint density at radius 1 is 1.56 bits per heavy atom. The number of rotatable bonds is 4. The van der Waals surface area contributed by atoms with Gasteiger partial charge >= 0.3 is 0 Å². The second kappa shape index (κ2) is 4.63.